The summed E-state index contributed by atoms with van der Waals surface area (Å²) in [5.74, 6) is 0.940. The zero-order valence-electron chi connectivity index (χ0n) is 25.3. The fraction of sp³-hybridized carbons (Fsp3) is 0. The summed E-state index contributed by atoms with van der Waals surface area (Å²) in [5, 5.41) is 5.12. The molecule has 4 heteroatoms. The lowest BCUT2D eigenvalue weighted by Crippen LogP contribution is -1.97. The number of hydrogen-bond acceptors (Lipinski definition) is 2. The summed E-state index contributed by atoms with van der Waals surface area (Å²) >= 11 is 1.87. The van der Waals surface area contributed by atoms with Gasteiger partial charge >= 0.3 is 0 Å². The topological polar surface area (TPSA) is 22.8 Å². The summed E-state index contributed by atoms with van der Waals surface area (Å²) in [6, 6.07) is 58.9. The van der Waals surface area contributed by atoms with Crippen molar-refractivity contribution in [1.29, 1.82) is 0 Å². The molecule has 3 aromatic heterocycles. The minimum atomic E-state index is 0.940. The normalized spacial score (nSPS) is 11.8. The monoisotopic (exact) mass is 617 g/mol. The Morgan fingerprint density at radius 2 is 1.02 bits per heavy atom. The van der Waals surface area contributed by atoms with E-state index in [0.717, 1.165) is 28.1 Å². The Labute approximate surface area is 275 Å². The molecule has 0 aliphatic rings. The summed E-state index contributed by atoms with van der Waals surface area (Å²) in [5.41, 5.74) is 10.3. The van der Waals surface area contributed by atoms with Crippen LogP contribution >= 0.6 is 11.3 Å². The van der Waals surface area contributed by atoms with Crippen molar-refractivity contribution in [3.8, 4) is 33.9 Å². The Bertz CT molecular complexity index is 2730. The third-order valence-corrected chi connectivity index (χ3v) is 10.6. The van der Waals surface area contributed by atoms with E-state index in [1.807, 2.05) is 11.3 Å². The van der Waals surface area contributed by atoms with E-state index in [1.165, 1.54) is 58.8 Å². The van der Waals surface area contributed by atoms with E-state index in [1.54, 1.807) is 0 Å². The standard InChI is InChI=1S/C43H27N3S/c1-2-12-30(13-3-1)46-40-20-10-7-17-37(40)44-43(46)29-24-22-28(23-25-29)35-26-31(27-36-34-16-6-11-21-41(34)47-42(35)36)45-38-18-8-4-14-32(38)33-15-5-9-19-39(33)45/h1-27H. The molecule has 0 aliphatic heterocycles. The van der Waals surface area contributed by atoms with Crippen LogP contribution in [0.15, 0.2) is 164 Å². The molecule has 0 aliphatic carbocycles. The van der Waals surface area contributed by atoms with Gasteiger partial charge in [0.25, 0.3) is 0 Å². The first kappa shape index (κ1) is 26.3. The fourth-order valence-corrected chi connectivity index (χ4v) is 8.43. The van der Waals surface area contributed by atoms with Gasteiger partial charge in [0.05, 0.1) is 22.1 Å². The van der Waals surface area contributed by atoms with Gasteiger partial charge in [-0.25, -0.2) is 4.98 Å². The van der Waals surface area contributed by atoms with Crippen molar-refractivity contribution in [3.63, 3.8) is 0 Å². The van der Waals surface area contributed by atoms with Crippen LogP contribution in [-0.4, -0.2) is 14.1 Å². The lowest BCUT2D eigenvalue weighted by molar-refractivity contribution is 1.10. The SMILES string of the molecule is c1ccc(-n2c(-c3ccc(-c4cc(-n5c6ccccc6c6ccccc65)cc5c4sc4ccccc45)cc3)nc3ccccc32)cc1. The molecule has 0 amide bonds. The molecule has 47 heavy (non-hydrogen) atoms. The van der Waals surface area contributed by atoms with E-state index in [4.69, 9.17) is 4.98 Å². The molecule has 0 radical (unpaired) electrons. The van der Waals surface area contributed by atoms with Crippen LogP contribution in [0.4, 0.5) is 0 Å². The molecule has 0 bridgehead atoms. The Balaban J connectivity index is 1.20. The van der Waals surface area contributed by atoms with E-state index >= 15 is 0 Å². The van der Waals surface area contributed by atoms with Crippen LogP contribution in [0.1, 0.15) is 0 Å². The van der Waals surface area contributed by atoms with Crippen molar-refractivity contribution in [2.24, 2.45) is 0 Å². The Kier molecular flexibility index (Phi) is 5.74. The number of hydrogen-bond donors (Lipinski definition) is 0. The summed E-state index contributed by atoms with van der Waals surface area (Å²) in [7, 11) is 0. The molecular formula is C43H27N3S. The lowest BCUT2D eigenvalue weighted by Gasteiger charge is -2.13. The Morgan fingerprint density at radius 3 is 1.77 bits per heavy atom. The Morgan fingerprint density at radius 1 is 0.426 bits per heavy atom. The first-order chi connectivity index (χ1) is 23.3. The quantitative estimate of drug-likeness (QED) is 0.193. The summed E-state index contributed by atoms with van der Waals surface area (Å²) in [6.45, 7) is 0. The van der Waals surface area contributed by atoms with Crippen LogP contribution in [0.25, 0.3) is 86.9 Å². The second-order valence-corrected chi connectivity index (χ2v) is 13.1. The summed E-state index contributed by atoms with van der Waals surface area (Å²) < 4.78 is 7.30. The van der Waals surface area contributed by atoms with E-state index < -0.39 is 0 Å². The minimum Gasteiger partial charge on any atom is -0.309 e. The van der Waals surface area contributed by atoms with Gasteiger partial charge in [-0.05, 0) is 60.2 Å². The van der Waals surface area contributed by atoms with Crippen LogP contribution in [0, 0.1) is 0 Å². The average Bonchev–Trinajstić information content (AvgIpc) is 3.82. The average molecular weight is 618 g/mol. The highest BCUT2D eigenvalue weighted by atomic mass is 32.1. The van der Waals surface area contributed by atoms with Crippen molar-refractivity contribution < 1.29 is 0 Å². The van der Waals surface area contributed by atoms with Crippen LogP contribution in [0.2, 0.25) is 0 Å². The zero-order chi connectivity index (χ0) is 30.9. The second-order valence-electron chi connectivity index (χ2n) is 12.0. The van der Waals surface area contributed by atoms with Gasteiger partial charge in [0.15, 0.2) is 0 Å². The largest absolute Gasteiger partial charge is 0.309 e. The van der Waals surface area contributed by atoms with E-state index in [9.17, 15) is 0 Å². The maximum Gasteiger partial charge on any atom is 0.145 e. The molecule has 0 fully saturated rings. The maximum absolute atomic E-state index is 5.11. The predicted molar refractivity (Wildman–Crippen MR) is 199 cm³/mol. The van der Waals surface area contributed by atoms with Crippen molar-refractivity contribution >= 4 is 64.3 Å². The number of para-hydroxylation sites is 5. The number of imidazole rings is 1. The molecule has 10 rings (SSSR count). The van der Waals surface area contributed by atoms with Gasteiger partial charge in [0.1, 0.15) is 5.82 Å². The first-order valence-corrected chi connectivity index (χ1v) is 16.7. The van der Waals surface area contributed by atoms with E-state index in [0.29, 0.717) is 0 Å². The van der Waals surface area contributed by atoms with Crippen molar-refractivity contribution in [2.45, 2.75) is 0 Å². The molecule has 10 aromatic rings. The van der Waals surface area contributed by atoms with Gasteiger partial charge < -0.3 is 4.57 Å². The molecule has 0 N–H and O–H groups in total. The molecule has 0 saturated heterocycles. The summed E-state index contributed by atoms with van der Waals surface area (Å²) in [4.78, 5) is 5.11. The van der Waals surface area contributed by atoms with Crippen LogP contribution in [0.5, 0.6) is 0 Å². The molecule has 3 nitrogen and oxygen atoms in total. The van der Waals surface area contributed by atoms with Crippen LogP contribution < -0.4 is 0 Å². The fourth-order valence-electron chi connectivity index (χ4n) is 7.21. The minimum absolute atomic E-state index is 0.940. The molecule has 0 spiro atoms. The maximum atomic E-state index is 5.11. The van der Waals surface area contributed by atoms with Crippen molar-refractivity contribution in [3.05, 3.63) is 164 Å². The van der Waals surface area contributed by atoms with Gasteiger partial charge in [0, 0.05) is 53.4 Å². The highest BCUT2D eigenvalue weighted by Crippen LogP contribution is 2.43. The molecule has 3 heterocycles. The molecule has 0 saturated carbocycles. The first-order valence-electron chi connectivity index (χ1n) is 15.9. The number of nitrogens with zero attached hydrogens (tertiary/aromatic N) is 3. The van der Waals surface area contributed by atoms with E-state index in [2.05, 4.69) is 173 Å². The molecule has 0 unspecified atom stereocenters. The number of benzene rings is 7. The highest BCUT2D eigenvalue weighted by molar-refractivity contribution is 7.26. The molecule has 0 atom stereocenters. The lowest BCUT2D eigenvalue weighted by atomic mass is 10.00. The molecular weight excluding hydrogens is 591 g/mol. The van der Waals surface area contributed by atoms with Gasteiger partial charge in [0.2, 0.25) is 0 Å². The third-order valence-electron chi connectivity index (χ3n) is 9.33. The zero-order valence-corrected chi connectivity index (χ0v) is 26.2. The highest BCUT2D eigenvalue weighted by Gasteiger charge is 2.18. The molecule has 7 aromatic carbocycles. The number of aromatic nitrogens is 3. The number of fused-ring (bicyclic) bond motifs is 7. The van der Waals surface area contributed by atoms with Gasteiger partial charge in [-0.1, -0.05) is 109 Å². The predicted octanol–water partition coefficient (Wildman–Crippen LogP) is 11.8. The van der Waals surface area contributed by atoms with Gasteiger partial charge in [-0.3, -0.25) is 4.57 Å². The van der Waals surface area contributed by atoms with Gasteiger partial charge in [-0.2, -0.15) is 0 Å². The third kappa shape index (κ3) is 4.02. The van der Waals surface area contributed by atoms with E-state index in [-0.39, 0.29) is 0 Å². The summed E-state index contributed by atoms with van der Waals surface area (Å²) in [6.07, 6.45) is 0. The second kappa shape index (κ2) is 10.3. The van der Waals surface area contributed by atoms with Crippen LogP contribution in [0.3, 0.4) is 0 Å². The van der Waals surface area contributed by atoms with Crippen molar-refractivity contribution in [2.75, 3.05) is 0 Å². The molecule has 220 valence electrons. The number of rotatable bonds is 4. The smallest absolute Gasteiger partial charge is 0.145 e. The van der Waals surface area contributed by atoms with Gasteiger partial charge in [-0.15, -0.1) is 11.3 Å². The van der Waals surface area contributed by atoms with Crippen LogP contribution in [-0.2, 0) is 0 Å². The Hall–Kier alpha value is -5.97. The number of thiophene rings is 1. The van der Waals surface area contributed by atoms with Crippen molar-refractivity contribution in [1.82, 2.24) is 14.1 Å².